The first kappa shape index (κ1) is 13.0. The molecular formula is C18H16N4O. The van der Waals surface area contributed by atoms with E-state index < -0.39 is 6.10 Å². The normalized spacial score (nSPS) is 24.8. The van der Waals surface area contributed by atoms with E-state index in [1.165, 1.54) is 11.1 Å². The molecule has 0 spiro atoms. The molecule has 3 atom stereocenters. The van der Waals surface area contributed by atoms with Gasteiger partial charge in [0.25, 0.3) is 0 Å². The van der Waals surface area contributed by atoms with E-state index in [-0.39, 0.29) is 12.0 Å². The Morgan fingerprint density at radius 2 is 2.00 bits per heavy atom. The number of benzene rings is 1. The molecule has 0 radical (unpaired) electrons. The summed E-state index contributed by atoms with van der Waals surface area (Å²) in [6.07, 6.45) is 8.29. The van der Waals surface area contributed by atoms with Crippen molar-refractivity contribution in [3.8, 4) is 11.3 Å². The minimum atomic E-state index is -0.598. The molecule has 23 heavy (non-hydrogen) atoms. The zero-order valence-corrected chi connectivity index (χ0v) is 12.5. The number of imidazole rings is 1. The highest BCUT2D eigenvalue weighted by Gasteiger charge is 2.41. The molecule has 3 aromatic rings. The maximum atomic E-state index is 10.9. The predicted molar refractivity (Wildman–Crippen MR) is 84.6 cm³/mol. The van der Waals surface area contributed by atoms with Crippen LogP contribution in [0, 0.1) is 5.92 Å². The molecule has 1 aliphatic heterocycles. The van der Waals surface area contributed by atoms with Gasteiger partial charge < -0.3 is 9.67 Å². The van der Waals surface area contributed by atoms with Crippen LogP contribution in [0.15, 0.2) is 49.2 Å². The smallest absolute Gasteiger partial charge is 0.103 e. The van der Waals surface area contributed by atoms with E-state index in [2.05, 4.69) is 43.8 Å². The van der Waals surface area contributed by atoms with Gasteiger partial charge >= 0.3 is 0 Å². The molecule has 0 bridgehead atoms. The summed E-state index contributed by atoms with van der Waals surface area (Å²) < 4.78 is 2.19. The summed E-state index contributed by atoms with van der Waals surface area (Å²) in [4.78, 5) is 13.1. The highest BCUT2D eigenvalue weighted by Crippen LogP contribution is 2.49. The van der Waals surface area contributed by atoms with E-state index in [9.17, 15) is 5.11 Å². The molecule has 2 aromatic heterocycles. The summed E-state index contributed by atoms with van der Waals surface area (Å²) in [6.45, 7) is 0. The monoisotopic (exact) mass is 304 g/mol. The maximum Gasteiger partial charge on any atom is 0.103 e. The van der Waals surface area contributed by atoms with Gasteiger partial charge in [0.1, 0.15) is 6.10 Å². The van der Waals surface area contributed by atoms with Gasteiger partial charge in [0.05, 0.1) is 35.6 Å². The predicted octanol–water partition coefficient (Wildman–Crippen LogP) is 2.54. The molecule has 0 fully saturated rings. The van der Waals surface area contributed by atoms with Crippen LogP contribution in [0.1, 0.15) is 35.5 Å². The molecule has 1 aliphatic carbocycles. The molecule has 3 heterocycles. The van der Waals surface area contributed by atoms with Crippen molar-refractivity contribution < 1.29 is 5.11 Å². The lowest BCUT2D eigenvalue weighted by atomic mass is 9.79. The van der Waals surface area contributed by atoms with Gasteiger partial charge in [-0.1, -0.05) is 24.3 Å². The lowest BCUT2D eigenvalue weighted by Gasteiger charge is -2.33. The molecule has 1 aromatic carbocycles. The average molecular weight is 304 g/mol. The number of aliphatic hydroxyl groups excluding tert-OH is 1. The fourth-order valence-corrected chi connectivity index (χ4v) is 4.12. The van der Waals surface area contributed by atoms with Crippen LogP contribution in [0.4, 0.5) is 0 Å². The summed E-state index contributed by atoms with van der Waals surface area (Å²) in [5, 5.41) is 10.9. The van der Waals surface area contributed by atoms with Crippen molar-refractivity contribution in [3.05, 3.63) is 66.1 Å². The second kappa shape index (κ2) is 4.73. The third-order valence-electron chi connectivity index (χ3n) is 5.13. The fourth-order valence-electron chi connectivity index (χ4n) is 4.12. The van der Waals surface area contributed by atoms with E-state index in [0.29, 0.717) is 0 Å². The third kappa shape index (κ3) is 1.74. The Morgan fingerprint density at radius 3 is 2.96 bits per heavy atom. The first-order valence-electron chi connectivity index (χ1n) is 7.93. The van der Waals surface area contributed by atoms with Crippen molar-refractivity contribution in [1.29, 1.82) is 0 Å². The fraction of sp³-hybridized carbons (Fsp3) is 0.278. The standard InChI is InChI=1S/C18H16N4O/c23-18-13(5-6-14-16(18)21-8-7-20-14)17-12-4-2-1-3-11(12)15-9-19-10-22(15)17/h1-4,7-10,13,17-18,23H,5-6H2/t13-,17+,18-/m0/s1. The minimum Gasteiger partial charge on any atom is -0.386 e. The quantitative estimate of drug-likeness (QED) is 0.750. The van der Waals surface area contributed by atoms with Crippen LogP contribution in [0.5, 0.6) is 0 Å². The topological polar surface area (TPSA) is 63.8 Å². The van der Waals surface area contributed by atoms with Gasteiger partial charge in [-0.05, 0) is 18.4 Å². The van der Waals surface area contributed by atoms with Crippen molar-refractivity contribution in [1.82, 2.24) is 19.5 Å². The molecule has 0 saturated heterocycles. The van der Waals surface area contributed by atoms with E-state index in [4.69, 9.17) is 0 Å². The first-order chi connectivity index (χ1) is 11.3. The lowest BCUT2D eigenvalue weighted by molar-refractivity contribution is 0.0669. The highest BCUT2D eigenvalue weighted by molar-refractivity contribution is 5.69. The van der Waals surface area contributed by atoms with Gasteiger partial charge in [0.15, 0.2) is 0 Å². The van der Waals surface area contributed by atoms with Crippen molar-refractivity contribution in [2.75, 3.05) is 0 Å². The van der Waals surface area contributed by atoms with E-state index >= 15 is 0 Å². The lowest BCUT2D eigenvalue weighted by Crippen LogP contribution is -2.29. The van der Waals surface area contributed by atoms with E-state index in [1.807, 2.05) is 12.5 Å². The van der Waals surface area contributed by atoms with E-state index in [1.54, 1.807) is 12.4 Å². The molecule has 0 amide bonds. The average Bonchev–Trinajstić information content (AvgIpc) is 3.17. The molecule has 5 heteroatoms. The SMILES string of the molecule is O[C@@H]1c2nccnc2CC[C@H]1[C@H]1c2ccccc2-c2cncn21. The molecule has 0 unspecified atom stereocenters. The van der Waals surface area contributed by atoms with Crippen molar-refractivity contribution in [2.45, 2.75) is 25.0 Å². The number of nitrogens with zero attached hydrogens (tertiary/aromatic N) is 4. The van der Waals surface area contributed by atoms with Crippen LogP contribution in [-0.4, -0.2) is 24.6 Å². The van der Waals surface area contributed by atoms with Gasteiger partial charge in [-0.2, -0.15) is 0 Å². The van der Waals surface area contributed by atoms with Crippen molar-refractivity contribution >= 4 is 0 Å². The Hall–Kier alpha value is -2.53. The van der Waals surface area contributed by atoms with Crippen LogP contribution >= 0.6 is 0 Å². The first-order valence-corrected chi connectivity index (χ1v) is 7.93. The van der Waals surface area contributed by atoms with Gasteiger partial charge in [0, 0.05) is 23.9 Å². The Balaban J connectivity index is 1.64. The Kier molecular flexibility index (Phi) is 2.67. The number of aliphatic hydroxyl groups is 1. The Morgan fingerprint density at radius 1 is 1.13 bits per heavy atom. The van der Waals surface area contributed by atoms with Crippen LogP contribution in [-0.2, 0) is 6.42 Å². The summed E-state index contributed by atoms with van der Waals surface area (Å²) in [5.41, 5.74) is 5.26. The van der Waals surface area contributed by atoms with Crippen molar-refractivity contribution in [2.24, 2.45) is 5.92 Å². The molecule has 114 valence electrons. The Bertz CT molecular complexity index is 888. The maximum absolute atomic E-state index is 10.9. The van der Waals surface area contributed by atoms with Crippen molar-refractivity contribution in [3.63, 3.8) is 0 Å². The number of rotatable bonds is 1. The molecule has 0 saturated carbocycles. The van der Waals surface area contributed by atoms with Crippen LogP contribution in [0.2, 0.25) is 0 Å². The number of aryl methyl sites for hydroxylation is 1. The van der Waals surface area contributed by atoms with Gasteiger partial charge in [-0.25, -0.2) is 4.98 Å². The number of fused-ring (bicyclic) bond motifs is 4. The number of hydrogen-bond donors (Lipinski definition) is 1. The third-order valence-corrected chi connectivity index (χ3v) is 5.13. The Labute approximate surface area is 133 Å². The molecule has 5 nitrogen and oxygen atoms in total. The zero-order chi connectivity index (χ0) is 15.4. The van der Waals surface area contributed by atoms with Gasteiger partial charge in [-0.15, -0.1) is 0 Å². The summed E-state index contributed by atoms with van der Waals surface area (Å²) in [5.74, 6) is 0.0794. The molecule has 1 N–H and O–H groups in total. The summed E-state index contributed by atoms with van der Waals surface area (Å²) in [7, 11) is 0. The zero-order valence-electron chi connectivity index (χ0n) is 12.5. The second-order valence-corrected chi connectivity index (χ2v) is 6.25. The molecule has 5 rings (SSSR count). The molecular weight excluding hydrogens is 288 g/mol. The highest BCUT2D eigenvalue weighted by atomic mass is 16.3. The van der Waals surface area contributed by atoms with Crippen LogP contribution in [0.3, 0.4) is 0 Å². The van der Waals surface area contributed by atoms with E-state index in [0.717, 1.165) is 29.9 Å². The van der Waals surface area contributed by atoms with Crippen LogP contribution in [0.25, 0.3) is 11.3 Å². The largest absolute Gasteiger partial charge is 0.386 e. The summed E-state index contributed by atoms with van der Waals surface area (Å²) in [6, 6.07) is 8.51. The van der Waals surface area contributed by atoms with Gasteiger partial charge in [-0.3, -0.25) is 9.97 Å². The van der Waals surface area contributed by atoms with Gasteiger partial charge in [0.2, 0.25) is 0 Å². The number of aromatic nitrogens is 4. The number of hydrogen-bond acceptors (Lipinski definition) is 4. The van der Waals surface area contributed by atoms with Crippen LogP contribution < -0.4 is 0 Å². The molecule has 2 aliphatic rings. The summed E-state index contributed by atoms with van der Waals surface area (Å²) >= 11 is 0. The minimum absolute atomic E-state index is 0.0794. The second-order valence-electron chi connectivity index (χ2n) is 6.25.